The summed E-state index contributed by atoms with van der Waals surface area (Å²) < 4.78 is 2.10. The number of carbonyl (C=O) groups is 1. The lowest BCUT2D eigenvalue weighted by Crippen LogP contribution is -2.43. The van der Waals surface area contributed by atoms with E-state index in [4.69, 9.17) is 11.6 Å². The van der Waals surface area contributed by atoms with E-state index in [0.717, 1.165) is 72.4 Å². The third kappa shape index (κ3) is 4.17. The van der Waals surface area contributed by atoms with Gasteiger partial charge in [0.1, 0.15) is 5.65 Å². The summed E-state index contributed by atoms with van der Waals surface area (Å²) in [7, 11) is 2.03. The fraction of sp³-hybridized carbons (Fsp3) is 0.286. The first-order chi connectivity index (χ1) is 17.1. The van der Waals surface area contributed by atoms with Gasteiger partial charge in [-0.25, -0.2) is 4.98 Å². The SMILES string of the molecule is Cn1c(-c2ccc(N3CCNCC3)cc2)c(-c2cccc(C(=O)NC3CC3)c2)c2c(Cl)ccnc21. The first-order valence-electron chi connectivity index (χ1n) is 12.2. The van der Waals surface area contributed by atoms with Crippen LogP contribution < -0.4 is 15.5 Å². The monoisotopic (exact) mass is 485 g/mol. The Morgan fingerprint density at radius 2 is 1.83 bits per heavy atom. The minimum atomic E-state index is -0.0271. The molecule has 0 atom stereocenters. The molecular formula is C28H28ClN5O. The Kier molecular flexibility index (Phi) is 5.71. The maximum atomic E-state index is 12.8. The summed E-state index contributed by atoms with van der Waals surface area (Å²) in [6.45, 7) is 4.02. The van der Waals surface area contributed by atoms with Gasteiger partial charge >= 0.3 is 0 Å². The number of nitrogens with zero attached hydrogens (tertiary/aromatic N) is 3. The highest BCUT2D eigenvalue weighted by molar-refractivity contribution is 6.37. The number of nitrogens with one attached hydrogen (secondary N) is 2. The van der Waals surface area contributed by atoms with Crippen LogP contribution in [0, 0.1) is 0 Å². The molecule has 7 heteroatoms. The number of pyridine rings is 1. The molecule has 178 valence electrons. The van der Waals surface area contributed by atoms with Crippen molar-refractivity contribution in [1.82, 2.24) is 20.2 Å². The molecule has 0 unspecified atom stereocenters. The van der Waals surface area contributed by atoms with E-state index in [-0.39, 0.29) is 5.91 Å². The third-order valence-electron chi connectivity index (χ3n) is 6.97. The topological polar surface area (TPSA) is 62.2 Å². The van der Waals surface area contributed by atoms with Crippen LogP contribution in [0.15, 0.2) is 60.8 Å². The predicted octanol–water partition coefficient (Wildman–Crippen LogP) is 4.86. The second-order valence-electron chi connectivity index (χ2n) is 9.39. The molecule has 4 aromatic rings. The zero-order chi connectivity index (χ0) is 23.9. The maximum Gasteiger partial charge on any atom is 0.251 e. The second kappa shape index (κ2) is 9.02. The lowest BCUT2D eigenvalue weighted by Gasteiger charge is -2.29. The molecule has 1 saturated heterocycles. The van der Waals surface area contributed by atoms with Crippen molar-refractivity contribution in [1.29, 1.82) is 0 Å². The van der Waals surface area contributed by atoms with E-state index in [1.807, 2.05) is 37.4 Å². The highest BCUT2D eigenvalue weighted by atomic mass is 35.5. The Labute approximate surface area is 209 Å². The summed E-state index contributed by atoms with van der Waals surface area (Å²) in [6.07, 6.45) is 3.86. The molecule has 3 heterocycles. The molecular weight excluding hydrogens is 458 g/mol. The zero-order valence-electron chi connectivity index (χ0n) is 19.7. The first-order valence-corrected chi connectivity index (χ1v) is 12.6. The van der Waals surface area contributed by atoms with Crippen molar-refractivity contribution in [3.63, 3.8) is 0 Å². The van der Waals surface area contributed by atoms with Gasteiger partial charge in [0.2, 0.25) is 0 Å². The lowest BCUT2D eigenvalue weighted by molar-refractivity contribution is 0.0951. The first kappa shape index (κ1) is 22.1. The van der Waals surface area contributed by atoms with Crippen LogP contribution in [0.5, 0.6) is 0 Å². The summed E-state index contributed by atoms with van der Waals surface area (Å²) in [5.41, 5.74) is 6.78. The van der Waals surface area contributed by atoms with Crippen LogP contribution in [-0.2, 0) is 7.05 Å². The molecule has 1 amide bonds. The van der Waals surface area contributed by atoms with Gasteiger partial charge in [-0.3, -0.25) is 4.79 Å². The number of benzene rings is 2. The van der Waals surface area contributed by atoms with Crippen LogP contribution >= 0.6 is 11.6 Å². The normalized spacial score (nSPS) is 16.0. The minimum absolute atomic E-state index is 0.0271. The highest BCUT2D eigenvalue weighted by Gasteiger charge is 2.25. The number of halogens is 1. The van der Waals surface area contributed by atoms with Gasteiger partial charge in [-0.15, -0.1) is 0 Å². The Bertz CT molecular complexity index is 1400. The van der Waals surface area contributed by atoms with Crippen molar-refractivity contribution in [2.24, 2.45) is 7.05 Å². The molecule has 1 saturated carbocycles. The van der Waals surface area contributed by atoms with Gasteiger partial charge in [0.15, 0.2) is 0 Å². The fourth-order valence-electron chi connectivity index (χ4n) is 4.99. The van der Waals surface area contributed by atoms with Crippen molar-refractivity contribution < 1.29 is 4.79 Å². The molecule has 6 nitrogen and oxygen atoms in total. The number of carbonyl (C=O) groups excluding carboxylic acids is 1. The number of fused-ring (bicyclic) bond motifs is 1. The van der Waals surface area contributed by atoms with E-state index >= 15 is 0 Å². The molecule has 2 fully saturated rings. The van der Waals surface area contributed by atoms with Crippen LogP contribution in [0.3, 0.4) is 0 Å². The molecule has 6 rings (SSSR count). The lowest BCUT2D eigenvalue weighted by atomic mass is 9.97. The number of aryl methyl sites for hydroxylation is 1. The average Bonchev–Trinajstić information content (AvgIpc) is 3.66. The molecule has 35 heavy (non-hydrogen) atoms. The Balaban J connectivity index is 1.48. The minimum Gasteiger partial charge on any atom is -0.369 e. The molecule has 1 aliphatic heterocycles. The summed E-state index contributed by atoms with van der Waals surface area (Å²) in [5.74, 6) is -0.0271. The number of hydrogen-bond acceptors (Lipinski definition) is 4. The van der Waals surface area contributed by atoms with E-state index in [2.05, 4.69) is 49.4 Å². The van der Waals surface area contributed by atoms with E-state index in [0.29, 0.717) is 16.6 Å². The Hall–Kier alpha value is -3.35. The summed E-state index contributed by atoms with van der Waals surface area (Å²) >= 11 is 6.75. The number of amides is 1. The smallest absolute Gasteiger partial charge is 0.251 e. The molecule has 2 aliphatic rings. The van der Waals surface area contributed by atoms with Gasteiger partial charge in [0, 0.05) is 67.7 Å². The summed E-state index contributed by atoms with van der Waals surface area (Å²) in [6, 6.07) is 18.7. The molecule has 2 aromatic carbocycles. The number of aromatic nitrogens is 2. The molecule has 2 aromatic heterocycles. The fourth-order valence-corrected chi connectivity index (χ4v) is 5.23. The van der Waals surface area contributed by atoms with Crippen molar-refractivity contribution in [3.05, 3.63) is 71.4 Å². The van der Waals surface area contributed by atoms with Gasteiger partial charge in [-0.2, -0.15) is 0 Å². The van der Waals surface area contributed by atoms with E-state index in [9.17, 15) is 4.79 Å². The maximum absolute atomic E-state index is 12.8. The zero-order valence-corrected chi connectivity index (χ0v) is 20.5. The molecule has 0 spiro atoms. The van der Waals surface area contributed by atoms with E-state index in [1.54, 1.807) is 6.20 Å². The van der Waals surface area contributed by atoms with Gasteiger partial charge in [0.05, 0.1) is 10.7 Å². The summed E-state index contributed by atoms with van der Waals surface area (Å²) in [4.78, 5) is 19.9. The highest BCUT2D eigenvalue weighted by Crippen LogP contribution is 2.43. The van der Waals surface area contributed by atoms with Crippen molar-refractivity contribution in [2.75, 3.05) is 31.1 Å². The van der Waals surface area contributed by atoms with Crippen LogP contribution in [0.2, 0.25) is 5.02 Å². The molecule has 0 radical (unpaired) electrons. The van der Waals surface area contributed by atoms with Crippen LogP contribution in [0.25, 0.3) is 33.4 Å². The molecule has 2 N–H and O–H groups in total. The second-order valence-corrected chi connectivity index (χ2v) is 9.79. The summed E-state index contributed by atoms with van der Waals surface area (Å²) in [5, 5.41) is 8.05. The van der Waals surface area contributed by atoms with Crippen molar-refractivity contribution in [3.8, 4) is 22.4 Å². The van der Waals surface area contributed by atoms with Gasteiger partial charge in [-0.05, 0) is 54.3 Å². The average molecular weight is 486 g/mol. The van der Waals surface area contributed by atoms with E-state index in [1.165, 1.54) is 5.69 Å². The third-order valence-corrected chi connectivity index (χ3v) is 7.28. The molecule has 0 bridgehead atoms. The number of piperazine rings is 1. The van der Waals surface area contributed by atoms with Crippen LogP contribution in [0.1, 0.15) is 23.2 Å². The number of rotatable bonds is 5. The predicted molar refractivity (Wildman–Crippen MR) is 142 cm³/mol. The van der Waals surface area contributed by atoms with Gasteiger partial charge in [-0.1, -0.05) is 35.9 Å². The standard InChI is InChI=1S/C28H28ClN5O/c1-33-26(18-5-9-22(10-6-18)34-15-13-30-14-16-34)24(25-23(29)11-12-31-27(25)33)19-3-2-4-20(17-19)28(35)32-21-7-8-21/h2-6,9-12,17,21,30H,7-8,13-16H2,1H3,(H,32,35). The number of anilines is 1. The number of hydrogen-bond donors (Lipinski definition) is 2. The van der Waals surface area contributed by atoms with Crippen LogP contribution in [0.4, 0.5) is 5.69 Å². The van der Waals surface area contributed by atoms with Crippen LogP contribution in [-0.4, -0.2) is 47.7 Å². The largest absolute Gasteiger partial charge is 0.369 e. The Morgan fingerprint density at radius 1 is 1.06 bits per heavy atom. The Morgan fingerprint density at radius 3 is 2.57 bits per heavy atom. The van der Waals surface area contributed by atoms with Gasteiger partial charge in [0.25, 0.3) is 5.91 Å². The van der Waals surface area contributed by atoms with Crippen molar-refractivity contribution in [2.45, 2.75) is 18.9 Å². The van der Waals surface area contributed by atoms with Crippen molar-refractivity contribution >= 4 is 34.2 Å². The quantitative estimate of drug-likeness (QED) is 0.423. The molecule has 1 aliphatic carbocycles. The van der Waals surface area contributed by atoms with E-state index < -0.39 is 0 Å². The van der Waals surface area contributed by atoms with Gasteiger partial charge < -0.3 is 20.1 Å².